The Morgan fingerprint density at radius 1 is 1.38 bits per heavy atom. The van der Waals surface area contributed by atoms with Crippen LogP contribution in [0.3, 0.4) is 0 Å². The second-order valence-electron chi connectivity index (χ2n) is 6.94. The molecule has 2 atom stereocenters. The number of aromatic nitrogens is 1. The molecule has 0 bridgehead atoms. The van der Waals surface area contributed by atoms with Gasteiger partial charge in [0.05, 0.1) is 19.9 Å². The van der Waals surface area contributed by atoms with E-state index in [4.69, 9.17) is 14.1 Å². The number of hydrogen-bond donors (Lipinski definition) is 3. The van der Waals surface area contributed by atoms with Crippen molar-refractivity contribution in [3.63, 3.8) is 0 Å². The number of para-hydroxylation sites is 1. The van der Waals surface area contributed by atoms with Crippen LogP contribution in [-0.4, -0.2) is 48.2 Å². The molecule has 1 aliphatic rings. The number of nitrogens with zero attached hydrogens (tertiary/aromatic N) is 1. The number of fused-ring (bicyclic) bond motifs is 1. The van der Waals surface area contributed by atoms with Crippen molar-refractivity contribution in [3.8, 4) is 11.5 Å². The van der Waals surface area contributed by atoms with Gasteiger partial charge in [-0.2, -0.15) is 0 Å². The van der Waals surface area contributed by atoms with Crippen LogP contribution in [0.5, 0.6) is 11.5 Å². The topological polar surface area (TPSA) is 110 Å². The predicted octanol–water partition coefficient (Wildman–Crippen LogP) is 1.33. The van der Waals surface area contributed by atoms with Crippen molar-refractivity contribution >= 4 is 13.2 Å². The maximum atomic E-state index is 12.4. The fourth-order valence-electron chi connectivity index (χ4n) is 3.39. The third-order valence-corrected chi connectivity index (χ3v) is 4.86. The summed E-state index contributed by atoms with van der Waals surface area (Å²) in [5.41, 5.74) is 2.83. The Balaban J connectivity index is 1.57. The normalized spacial score (nSPS) is 15.9. The molecule has 0 saturated carbocycles. The van der Waals surface area contributed by atoms with Crippen LogP contribution in [0.4, 0.5) is 0 Å². The molecule has 3 N–H and O–H groups in total. The van der Waals surface area contributed by atoms with Crippen LogP contribution in [0.15, 0.2) is 36.5 Å². The highest BCUT2D eigenvalue weighted by Gasteiger charge is 2.30. The van der Waals surface area contributed by atoms with Gasteiger partial charge < -0.3 is 29.5 Å². The van der Waals surface area contributed by atoms with Crippen molar-refractivity contribution in [2.24, 2.45) is 0 Å². The second kappa shape index (κ2) is 9.73. The molecule has 0 saturated heterocycles. The van der Waals surface area contributed by atoms with E-state index in [1.54, 1.807) is 25.4 Å². The highest BCUT2D eigenvalue weighted by atomic mass is 16.6. The molecule has 1 aromatic carbocycles. The van der Waals surface area contributed by atoms with E-state index < -0.39 is 13.5 Å². The van der Waals surface area contributed by atoms with Gasteiger partial charge in [-0.3, -0.25) is 9.78 Å². The molecule has 0 spiro atoms. The molecule has 0 aliphatic carbocycles. The quantitative estimate of drug-likeness (QED) is 0.430. The van der Waals surface area contributed by atoms with Crippen LogP contribution in [0.1, 0.15) is 35.6 Å². The SMILES string of the molecule is COc1ccc(CCC(=O)N[C@@H](CC2COc3c(C)cccc32)OB(O)O)nc1. The van der Waals surface area contributed by atoms with Gasteiger partial charge in [-0.15, -0.1) is 0 Å². The summed E-state index contributed by atoms with van der Waals surface area (Å²) in [5.74, 6) is 1.21. The summed E-state index contributed by atoms with van der Waals surface area (Å²) >= 11 is 0. The maximum Gasteiger partial charge on any atom is 0.635 e. The zero-order chi connectivity index (χ0) is 20.8. The summed E-state index contributed by atoms with van der Waals surface area (Å²) in [6.07, 6.45) is 1.74. The van der Waals surface area contributed by atoms with Crippen LogP contribution in [-0.2, 0) is 15.9 Å². The van der Waals surface area contributed by atoms with Crippen LogP contribution in [0.25, 0.3) is 0 Å². The molecule has 8 nitrogen and oxygen atoms in total. The van der Waals surface area contributed by atoms with E-state index in [2.05, 4.69) is 10.3 Å². The molecule has 1 aliphatic heterocycles. The third kappa shape index (κ3) is 5.69. The molecule has 0 radical (unpaired) electrons. The maximum absolute atomic E-state index is 12.4. The summed E-state index contributed by atoms with van der Waals surface area (Å²) in [5, 5.41) is 21.2. The Kier molecular flexibility index (Phi) is 7.08. The molecular weight excluding hydrogens is 375 g/mol. The highest BCUT2D eigenvalue weighted by molar-refractivity contribution is 6.32. The first kappa shape index (κ1) is 21.1. The second-order valence-corrected chi connectivity index (χ2v) is 6.94. The predicted molar refractivity (Wildman–Crippen MR) is 106 cm³/mol. The van der Waals surface area contributed by atoms with E-state index >= 15 is 0 Å². The number of benzene rings is 1. The zero-order valence-electron chi connectivity index (χ0n) is 16.5. The highest BCUT2D eigenvalue weighted by Crippen LogP contribution is 2.38. The van der Waals surface area contributed by atoms with Gasteiger partial charge in [-0.1, -0.05) is 18.2 Å². The van der Waals surface area contributed by atoms with Gasteiger partial charge in [-0.25, -0.2) is 0 Å². The average Bonchev–Trinajstić information content (AvgIpc) is 3.10. The molecule has 1 amide bonds. The van der Waals surface area contributed by atoms with E-state index in [1.165, 1.54) is 0 Å². The van der Waals surface area contributed by atoms with Gasteiger partial charge in [0, 0.05) is 30.0 Å². The van der Waals surface area contributed by atoms with Crippen molar-refractivity contribution in [3.05, 3.63) is 53.3 Å². The van der Waals surface area contributed by atoms with E-state index in [1.807, 2.05) is 25.1 Å². The summed E-state index contributed by atoms with van der Waals surface area (Å²) in [7, 11) is -0.419. The minimum Gasteiger partial charge on any atom is -0.495 e. The number of methoxy groups -OCH3 is 1. The molecule has 154 valence electrons. The van der Waals surface area contributed by atoms with Gasteiger partial charge in [0.25, 0.3) is 0 Å². The fourth-order valence-corrected chi connectivity index (χ4v) is 3.39. The summed E-state index contributed by atoms with van der Waals surface area (Å²) in [6.45, 7) is 2.43. The number of pyridine rings is 1. The summed E-state index contributed by atoms with van der Waals surface area (Å²) in [4.78, 5) is 16.6. The number of carbonyl (C=O) groups excluding carboxylic acids is 1. The Labute approximate surface area is 170 Å². The van der Waals surface area contributed by atoms with E-state index in [9.17, 15) is 14.8 Å². The Morgan fingerprint density at radius 3 is 2.90 bits per heavy atom. The van der Waals surface area contributed by atoms with Gasteiger partial charge in [0.1, 0.15) is 17.7 Å². The van der Waals surface area contributed by atoms with Crippen molar-refractivity contribution in [2.45, 2.75) is 38.3 Å². The standard InChI is InChI=1S/C20H25BN2O6/c1-13-4-3-5-17-14(12-28-20(13)17)10-19(29-21(25)26)23-18(24)9-7-15-6-8-16(27-2)11-22-15/h3-6,8,11,14,19,25-26H,7,9-10,12H2,1-2H3,(H,23,24)/t14?,19-/m1/s1. The number of ether oxygens (including phenoxy) is 2. The Morgan fingerprint density at radius 2 is 2.21 bits per heavy atom. The number of nitrogens with one attached hydrogen (secondary N) is 1. The monoisotopic (exact) mass is 400 g/mol. The van der Waals surface area contributed by atoms with E-state index in [0.717, 1.165) is 22.6 Å². The Hall–Kier alpha value is -2.62. The minimum absolute atomic E-state index is 0.0165. The fraction of sp³-hybridized carbons (Fsp3) is 0.400. The smallest absolute Gasteiger partial charge is 0.495 e. The number of aryl methyl sites for hydroxylation is 2. The molecule has 29 heavy (non-hydrogen) atoms. The zero-order valence-corrected chi connectivity index (χ0v) is 16.5. The molecule has 0 fully saturated rings. The average molecular weight is 400 g/mol. The largest absolute Gasteiger partial charge is 0.635 e. The summed E-state index contributed by atoms with van der Waals surface area (Å²) in [6, 6.07) is 9.48. The molecular formula is C20H25BN2O6. The van der Waals surface area contributed by atoms with E-state index in [-0.39, 0.29) is 18.2 Å². The lowest BCUT2D eigenvalue weighted by atomic mass is 9.95. The van der Waals surface area contributed by atoms with E-state index in [0.29, 0.717) is 25.2 Å². The van der Waals surface area contributed by atoms with Crippen molar-refractivity contribution in [2.75, 3.05) is 13.7 Å². The Bertz CT molecular complexity index is 830. The summed E-state index contributed by atoms with van der Waals surface area (Å²) < 4.78 is 15.9. The molecule has 1 unspecified atom stereocenters. The molecule has 2 aromatic rings. The number of hydrogen-bond acceptors (Lipinski definition) is 7. The van der Waals surface area contributed by atoms with Crippen LogP contribution >= 0.6 is 0 Å². The first-order valence-corrected chi connectivity index (χ1v) is 9.48. The lowest BCUT2D eigenvalue weighted by Gasteiger charge is -2.22. The first-order valence-electron chi connectivity index (χ1n) is 9.48. The third-order valence-electron chi connectivity index (χ3n) is 4.86. The van der Waals surface area contributed by atoms with Crippen molar-refractivity contribution < 1.29 is 29.0 Å². The van der Waals surface area contributed by atoms with Gasteiger partial charge in [0.2, 0.25) is 5.91 Å². The van der Waals surface area contributed by atoms with Crippen LogP contribution in [0.2, 0.25) is 0 Å². The van der Waals surface area contributed by atoms with Crippen molar-refractivity contribution in [1.82, 2.24) is 10.3 Å². The van der Waals surface area contributed by atoms with Crippen molar-refractivity contribution in [1.29, 1.82) is 0 Å². The lowest BCUT2D eigenvalue weighted by Crippen LogP contribution is -2.42. The van der Waals surface area contributed by atoms with Gasteiger partial charge >= 0.3 is 7.32 Å². The number of carbonyl (C=O) groups is 1. The van der Waals surface area contributed by atoms with Crippen LogP contribution < -0.4 is 14.8 Å². The van der Waals surface area contributed by atoms with Gasteiger partial charge in [0.15, 0.2) is 0 Å². The molecule has 2 heterocycles. The van der Waals surface area contributed by atoms with Crippen LogP contribution in [0, 0.1) is 6.92 Å². The molecule has 1 aromatic heterocycles. The molecule has 3 rings (SSSR count). The molecule has 9 heteroatoms. The minimum atomic E-state index is -1.98. The number of rotatable bonds is 9. The van der Waals surface area contributed by atoms with Gasteiger partial charge in [-0.05, 0) is 31.0 Å². The number of amides is 1. The first-order chi connectivity index (χ1) is 14.0. The lowest BCUT2D eigenvalue weighted by molar-refractivity contribution is -0.124.